The fourth-order valence-electron chi connectivity index (χ4n) is 3.10. The molecule has 0 atom stereocenters. The number of benzene rings is 2. The second-order valence-electron chi connectivity index (χ2n) is 6.92. The molecule has 0 saturated heterocycles. The topological polar surface area (TPSA) is 88.5 Å². The molecule has 2 aromatic heterocycles. The zero-order valence-corrected chi connectivity index (χ0v) is 17.4. The second kappa shape index (κ2) is 8.38. The Labute approximate surface area is 178 Å². The minimum absolute atomic E-state index is 0.0510. The molecule has 7 nitrogen and oxygen atoms in total. The summed E-state index contributed by atoms with van der Waals surface area (Å²) < 4.78 is 2.08. The summed E-state index contributed by atoms with van der Waals surface area (Å²) in [7, 11) is 0. The molecular weight excluding hydrogens is 396 g/mol. The molecule has 0 aliphatic carbocycles. The summed E-state index contributed by atoms with van der Waals surface area (Å²) in [6, 6.07) is 17.3. The van der Waals surface area contributed by atoms with E-state index >= 15 is 0 Å². The average Bonchev–Trinajstić information content (AvgIpc) is 3.09. The Hall–Kier alpha value is -3.65. The fourth-order valence-corrected chi connectivity index (χ4v) is 3.30. The van der Waals surface area contributed by atoms with Gasteiger partial charge in [0.2, 0.25) is 5.91 Å². The summed E-state index contributed by atoms with van der Waals surface area (Å²) >= 11 is 5.33. The number of hydrogen-bond acceptors (Lipinski definition) is 5. The van der Waals surface area contributed by atoms with Gasteiger partial charge in [0.15, 0.2) is 10.6 Å². The summed E-state index contributed by atoms with van der Waals surface area (Å²) in [5.41, 5.74) is 4.43. The number of carbonyl (C=O) groups excluding carboxylic acids is 1. The van der Waals surface area contributed by atoms with Gasteiger partial charge in [-0.1, -0.05) is 42.0 Å². The van der Waals surface area contributed by atoms with Crippen LogP contribution in [0.2, 0.25) is 0 Å². The van der Waals surface area contributed by atoms with Crippen molar-refractivity contribution in [1.82, 2.24) is 24.7 Å². The van der Waals surface area contributed by atoms with E-state index < -0.39 is 0 Å². The van der Waals surface area contributed by atoms with Crippen LogP contribution in [0.3, 0.4) is 0 Å². The van der Waals surface area contributed by atoms with Gasteiger partial charge in [-0.15, -0.1) is 0 Å². The van der Waals surface area contributed by atoms with Crippen LogP contribution in [0.25, 0.3) is 22.6 Å². The number of anilines is 1. The van der Waals surface area contributed by atoms with Crippen LogP contribution in [0, 0.1) is 18.6 Å². The first-order chi connectivity index (χ1) is 14.5. The van der Waals surface area contributed by atoms with Crippen LogP contribution < -0.4 is 5.32 Å². The Balaban J connectivity index is 1.54. The molecule has 2 N–H and O–H groups in total. The lowest BCUT2D eigenvalue weighted by Gasteiger charge is -2.10. The van der Waals surface area contributed by atoms with Gasteiger partial charge >= 0.3 is 0 Å². The van der Waals surface area contributed by atoms with Crippen molar-refractivity contribution >= 4 is 23.8 Å². The number of aromatic amines is 1. The number of nitrogens with one attached hydrogen (secondary N) is 2. The number of aryl methyl sites for hydroxylation is 2. The lowest BCUT2D eigenvalue weighted by Crippen LogP contribution is -2.19. The maximum Gasteiger partial charge on any atom is 0.244 e. The number of hydrogen-bond donors (Lipinski definition) is 2. The molecule has 4 aromatic rings. The molecule has 0 fully saturated rings. The highest BCUT2D eigenvalue weighted by Gasteiger charge is 2.13. The van der Waals surface area contributed by atoms with Gasteiger partial charge in [-0.25, -0.2) is 9.97 Å². The molecule has 0 unspecified atom stereocenters. The summed E-state index contributed by atoms with van der Waals surface area (Å²) in [6.45, 7) is 3.91. The molecule has 0 aliphatic rings. The van der Waals surface area contributed by atoms with Crippen molar-refractivity contribution in [3.05, 3.63) is 77.0 Å². The van der Waals surface area contributed by atoms with Crippen molar-refractivity contribution in [2.45, 2.75) is 20.4 Å². The highest BCUT2D eigenvalue weighted by Crippen LogP contribution is 2.21. The van der Waals surface area contributed by atoms with Crippen LogP contribution in [0.15, 0.2) is 60.8 Å². The van der Waals surface area contributed by atoms with Crippen molar-refractivity contribution in [3.63, 3.8) is 0 Å². The van der Waals surface area contributed by atoms with Gasteiger partial charge in [-0.05, 0) is 44.3 Å². The number of carbonyl (C=O) groups is 1. The SMILES string of the molecule is Cc1ccc(-c2n[nH]c(=S)n2CC(=O)Nc2cccc(-c3ccnc(C)n3)c2)cc1. The Morgan fingerprint density at radius 2 is 1.90 bits per heavy atom. The highest BCUT2D eigenvalue weighted by molar-refractivity contribution is 7.71. The lowest BCUT2D eigenvalue weighted by atomic mass is 10.1. The van der Waals surface area contributed by atoms with Gasteiger partial charge < -0.3 is 5.32 Å². The van der Waals surface area contributed by atoms with E-state index in [1.807, 2.05) is 68.4 Å². The van der Waals surface area contributed by atoms with E-state index in [1.165, 1.54) is 0 Å². The quantitative estimate of drug-likeness (QED) is 0.473. The third-order valence-electron chi connectivity index (χ3n) is 4.59. The van der Waals surface area contributed by atoms with Crippen LogP contribution >= 0.6 is 12.2 Å². The summed E-state index contributed by atoms with van der Waals surface area (Å²) in [4.78, 5) is 21.3. The number of nitrogens with zero attached hydrogens (tertiary/aromatic N) is 4. The van der Waals surface area contributed by atoms with Gasteiger partial charge in [0, 0.05) is 23.0 Å². The minimum atomic E-state index is -0.197. The van der Waals surface area contributed by atoms with Gasteiger partial charge in [-0.2, -0.15) is 5.10 Å². The minimum Gasteiger partial charge on any atom is -0.325 e. The predicted molar refractivity (Wildman–Crippen MR) is 118 cm³/mol. The maximum atomic E-state index is 12.7. The average molecular weight is 417 g/mol. The van der Waals surface area contributed by atoms with Crippen molar-refractivity contribution in [2.75, 3.05) is 5.32 Å². The van der Waals surface area contributed by atoms with E-state index in [0.717, 1.165) is 22.4 Å². The third-order valence-corrected chi connectivity index (χ3v) is 4.90. The second-order valence-corrected chi connectivity index (χ2v) is 7.31. The van der Waals surface area contributed by atoms with Crippen LogP contribution in [0.4, 0.5) is 5.69 Å². The number of aromatic nitrogens is 5. The van der Waals surface area contributed by atoms with Crippen molar-refractivity contribution in [3.8, 4) is 22.6 Å². The number of rotatable bonds is 5. The van der Waals surface area contributed by atoms with E-state index in [1.54, 1.807) is 10.8 Å². The first-order valence-corrected chi connectivity index (χ1v) is 9.82. The van der Waals surface area contributed by atoms with E-state index in [2.05, 4.69) is 25.5 Å². The molecule has 0 bridgehead atoms. The van der Waals surface area contributed by atoms with E-state index in [-0.39, 0.29) is 12.5 Å². The van der Waals surface area contributed by atoms with Crippen molar-refractivity contribution in [1.29, 1.82) is 0 Å². The normalized spacial score (nSPS) is 10.7. The summed E-state index contributed by atoms with van der Waals surface area (Å²) in [5, 5.41) is 10.00. The smallest absolute Gasteiger partial charge is 0.244 e. The lowest BCUT2D eigenvalue weighted by molar-refractivity contribution is -0.116. The Bertz CT molecular complexity index is 1260. The maximum absolute atomic E-state index is 12.7. The molecule has 1 amide bonds. The van der Waals surface area contributed by atoms with E-state index in [0.29, 0.717) is 22.1 Å². The van der Waals surface area contributed by atoms with E-state index in [9.17, 15) is 4.79 Å². The van der Waals surface area contributed by atoms with Crippen LogP contribution in [0.5, 0.6) is 0 Å². The molecule has 0 saturated carbocycles. The Morgan fingerprint density at radius 3 is 2.67 bits per heavy atom. The van der Waals surface area contributed by atoms with Gasteiger partial charge in [0.25, 0.3) is 0 Å². The predicted octanol–water partition coefficient (Wildman–Crippen LogP) is 4.32. The summed E-state index contributed by atoms with van der Waals surface area (Å²) in [6.07, 6.45) is 1.72. The van der Waals surface area contributed by atoms with Crippen molar-refractivity contribution < 1.29 is 4.79 Å². The number of amides is 1. The van der Waals surface area contributed by atoms with Crippen LogP contribution in [-0.4, -0.2) is 30.6 Å². The molecule has 0 radical (unpaired) electrons. The molecule has 0 aliphatic heterocycles. The molecule has 150 valence electrons. The molecule has 4 rings (SSSR count). The van der Waals surface area contributed by atoms with Crippen LogP contribution in [-0.2, 0) is 11.3 Å². The zero-order chi connectivity index (χ0) is 21.1. The Kier molecular flexibility index (Phi) is 5.49. The highest BCUT2D eigenvalue weighted by atomic mass is 32.1. The largest absolute Gasteiger partial charge is 0.325 e. The van der Waals surface area contributed by atoms with E-state index in [4.69, 9.17) is 12.2 Å². The molecule has 8 heteroatoms. The standard InChI is InChI=1S/C22H20N6OS/c1-14-6-8-16(9-7-14)21-26-27-22(30)28(21)13-20(29)25-18-5-3-4-17(12-18)19-10-11-23-15(2)24-19/h3-12H,13H2,1-2H3,(H,25,29)(H,27,30). The molecule has 2 heterocycles. The first kappa shape index (κ1) is 19.7. The van der Waals surface area contributed by atoms with Crippen molar-refractivity contribution in [2.24, 2.45) is 0 Å². The number of H-pyrrole nitrogens is 1. The molecule has 30 heavy (non-hydrogen) atoms. The van der Waals surface area contributed by atoms with Gasteiger partial charge in [0.05, 0.1) is 5.69 Å². The fraction of sp³-hybridized carbons (Fsp3) is 0.136. The zero-order valence-electron chi connectivity index (χ0n) is 16.6. The Morgan fingerprint density at radius 1 is 1.10 bits per heavy atom. The van der Waals surface area contributed by atoms with Gasteiger partial charge in [0.1, 0.15) is 12.4 Å². The molecule has 0 spiro atoms. The van der Waals surface area contributed by atoms with Gasteiger partial charge in [-0.3, -0.25) is 14.5 Å². The monoisotopic (exact) mass is 416 g/mol. The summed E-state index contributed by atoms with van der Waals surface area (Å²) in [5.74, 6) is 1.12. The molecular formula is C22H20N6OS. The third kappa shape index (κ3) is 4.33. The van der Waals surface area contributed by atoms with Crippen LogP contribution in [0.1, 0.15) is 11.4 Å². The first-order valence-electron chi connectivity index (χ1n) is 9.42. The molecule has 2 aromatic carbocycles.